The molecule has 0 fully saturated rings. The van der Waals surface area contributed by atoms with Crippen molar-refractivity contribution in [3.8, 4) is 5.69 Å². The van der Waals surface area contributed by atoms with Gasteiger partial charge >= 0.3 is 5.97 Å². The normalized spacial score (nSPS) is 10.6. The van der Waals surface area contributed by atoms with Crippen molar-refractivity contribution < 1.29 is 9.53 Å². The summed E-state index contributed by atoms with van der Waals surface area (Å²) in [4.78, 5) is 11.7. The van der Waals surface area contributed by atoms with Crippen molar-refractivity contribution in [2.45, 2.75) is 6.92 Å². The standard InChI is InChI=1S/C12H10Cl3N3O2/c1-2-20-12(19)7-5-17-18(11(7)16)10-8(14)3-6(13)4-9(10)15/h3-5H,2,16H2,1H3. The average Bonchev–Trinajstić information content (AvgIpc) is 2.71. The van der Waals surface area contributed by atoms with Gasteiger partial charge in [-0.05, 0) is 19.1 Å². The van der Waals surface area contributed by atoms with Gasteiger partial charge in [-0.3, -0.25) is 0 Å². The van der Waals surface area contributed by atoms with E-state index >= 15 is 0 Å². The van der Waals surface area contributed by atoms with Crippen LogP contribution in [0, 0.1) is 0 Å². The monoisotopic (exact) mass is 333 g/mol. The van der Waals surface area contributed by atoms with Gasteiger partial charge in [0.1, 0.15) is 17.1 Å². The van der Waals surface area contributed by atoms with Crippen molar-refractivity contribution in [3.05, 3.63) is 39.0 Å². The van der Waals surface area contributed by atoms with E-state index in [2.05, 4.69) is 5.10 Å². The van der Waals surface area contributed by atoms with Crippen molar-refractivity contribution in [1.82, 2.24) is 9.78 Å². The van der Waals surface area contributed by atoms with Gasteiger partial charge in [0.2, 0.25) is 0 Å². The molecule has 0 aliphatic rings. The minimum absolute atomic E-state index is 0.0922. The summed E-state index contributed by atoms with van der Waals surface area (Å²) in [6, 6.07) is 3.02. The molecule has 0 saturated heterocycles. The highest BCUT2D eigenvalue weighted by Gasteiger charge is 2.20. The Balaban J connectivity index is 2.53. The van der Waals surface area contributed by atoms with E-state index in [4.69, 9.17) is 45.3 Å². The minimum atomic E-state index is -0.558. The summed E-state index contributed by atoms with van der Waals surface area (Å²) >= 11 is 18.0. The van der Waals surface area contributed by atoms with Gasteiger partial charge in [-0.2, -0.15) is 5.10 Å². The van der Waals surface area contributed by atoms with Crippen LogP contribution < -0.4 is 5.73 Å². The summed E-state index contributed by atoms with van der Waals surface area (Å²) in [6.45, 7) is 1.94. The lowest BCUT2D eigenvalue weighted by Gasteiger charge is -2.10. The molecule has 8 heteroatoms. The Morgan fingerprint density at radius 2 is 1.95 bits per heavy atom. The number of anilines is 1. The molecule has 0 spiro atoms. The van der Waals surface area contributed by atoms with E-state index in [1.54, 1.807) is 6.92 Å². The van der Waals surface area contributed by atoms with Crippen LogP contribution in [0.3, 0.4) is 0 Å². The van der Waals surface area contributed by atoms with Crippen molar-refractivity contribution >= 4 is 46.6 Å². The number of aromatic nitrogens is 2. The topological polar surface area (TPSA) is 70.1 Å². The molecule has 20 heavy (non-hydrogen) atoms. The number of esters is 1. The molecule has 106 valence electrons. The minimum Gasteiger partial charge on any atom is -0.462 e. The first-order chi connectivity index (χ1) is 9.45. The second kappa shape index (κ2) is 5.91. The molecule has 0 unspecified atom stereocenters. The number of nitrogen functional groups attached to an aromatic ring is 1. The molecule has 2 rings (SSSR count). The molecule has 1 aromatic heterocycles. The lowest BCUT2D eigenvalue weighted by molar-refractivity contribution is 0.0527. The molecule has 2 aromatic rings. The molecule has 0 atom stereocenters. The molecular weight excluding hydrogens is 325 g/mol. The van der Waals surface area contributed by atoms with Gasteiger partial charge in [0.15, 0.2) is 0 Å². The summed E-state index contributed by atoms with van der Waals surface area (Å²) in [5.74, 6) is -0.466. The fraction of sp³-hybridized carbons (Fsp3) is 0.167. The van der Waals surface area contributed by atoms with Crippen molar-refractivity contribution in [2.24, 2.45) is 0 Å². The van der Waals surface area contributed by atoms with Crippen LogP contribution in [0.15, 0.2) is 18.3 Å². The zero-order valence-corrected chi connectivity index (χ0v) is 12.6. The van der Waals surface area contributed by atoms with Gasteiger partial charge in [0.25, 0.3) is 0 Å². The predicted molar refractivity (Wildman–Crippen MR) is 79.0 cm³/mol. The maximum absolute atomic E-state index is 11.7. The highest BCUT2D eigenvalue weighted by molar-refractivity contribution is 6.40. The Morgan fingerprint density at radius 1 is 1.35 bits per heavy atom. The molecule has 0 amide bonds. The van der Waals surface area contributed by atoms with Crippen LogP contribution in [0.2, 0.25) is 15.1 Å². The number of carbonyl (C=O) groups is 1. The van der Waals surface area contributed by atoms with E-state index in [1.165, 1.54) is 23.0 Å². The maximum atomic E-state index is 11.7. The van der Waals surface area contributed by atoms with Crippen LogP contribution in [0.4, 0.5) is 5.82 Å². The summed E-state index contributed by atoms with van der Waals surface area (Å²) < 4.78 is 6.15. The number of rotatable bonds is 3. The highest BCUT2D eigenvalue weighted by atomic mass is 35.5. The van der Waals surface area contributed by atoms with Crippen molar-refractivity contribution in [2.75, 3.05) is 12.3 Å². The second-order valence-electron chi connectivity index (χ2n) is 3.79. The molecule has 0 aliphatic carbocycles. The smallest absolute Gasteiger partial charge is 0.343 e. The van der Waals surface area contributed by atoms with Gasteiger partial charge in [-0.1, -0.05) is 34.8 Å². The number of ether oxygens (including phenoxy) is 1. The summed E-state index contributed by atoms with van der Waals surface area (Å²) in [5, 5.41) is 4.95. The molecule has 1 heterocycles. The quantitative estimate of drug-likeness (QED) is 0.871. The van der Waals surface area contributed by atoms with Crippen LogP contribution in [0.5, 0.6) is 0 Å². The van der Waals surface area contributed by atoms with Gasteiger partial charge in [0, 0.05) is 5.02 Å². The van der Waals surface area contributed by atoms with Crippen LogP contribution in [0.25, 0.3) is 5.69 Å². The number of halogens is 3. The molecule has 5 nitrogen and oxygen atoms in total. The predicted octanol–water partition coefficient (Wildman–Crippen LogP) is 3.59. The lowest BCUT2D eigenvalue weighted by Crippen LogP contribution is -2.09. The Hall–Kier alpha value is -1.43. The molecular formula is C12H10Cl3N3O2. The summed E-state index contributed by atoms with van der Waals surface area (Å²) in [5.41, 5.74) is 6.39. The number of nitrogens with zero attached hydrogens (tertiary/aromatic N) is 2. The molecule has 2 N–H and O–H groups in total. The van der Waals surface area contributed by atoms with Crippen LogP contribution in [-0.2, 0) is 4.74 Å². The summed E-state index contributed by atoms with van der Waals surface area (Å²) in [6.07, 6.45) is 1.30. The van der Waals surface area contributed by atoms with Gasteiger partial charge in [0.05, 0.1) is 22.8 Å². The molecule has 0 radical (unpaired) electrons. The Morgan fingerprint density at radius 3 is 2.50 bits per heavy atom. The zero-order valence-electron chi connectivity index (χ0n) is 10.4. The van der Waals surface area contributed by atoms with Gasteiger partial charge in [-0.25, -0.2) is 9.48 Å². The lowest BCUT2D eigenvalue weighted by atomic mass is 10.3. The number of nitrogens with two attached hydrogens (primary N) is 1. The van der Waals surface area contributed by atoms with E-state index in [0.29, 0.717) is 10.7 Å². The second-order valence-corrected chi connectivity index (χ2v) is 5.04. The SMILES string of the molecule is CCOC(=O)c1cnn(-c2c(Cl)cc(Cl)cc2Cl)c1N. The number of carbonyl (C=O) groups excluding carboxylic acids is 1. The zero-order chi connectivity index (χ0) is 14.9. The molecule has 0 saturated carbocycles. The van der Waals surface area contributed by atoms with Crippen LogP contribution in [0.1, 0.15) is 17.3 Å². The third-order valence-corrected chi connectivity index (χ3v) is 3.29. The molecule has 0 bridgehead atoms. The number of benzene rings is 1. The van der Waals surface area contributed by atoms with E-state index in [0.717, 1.165) is 0 Å². The molecule has 0 aliphatic heterocycles. The first-order valence-corrected chi connectivity index (χ1v) is 6.74. The highest BCUT2D eigenvalue weighted by Crippen LogP contribution is 2.33. The Bertz CT molecular complexity index is 647. The van der Waals surface area contributed by atoms with E-state index < -0.39 is 5.97 Å². The number of hydrogen-bond donors (Lipinski definition) is 1. The van der Waals surface area contributed by atoms with E-state index in [9.17, 15) is 4.79 Å². The van der Waals surface area contributed by atoms with E-state index in [-0.39, 0.29) is 28.0 Å². The third-order valence-electron chi connectivity index (χ3n) is 2.50. The molecule has 1 aromatic carbocycles. The first kappa shape index (κ1) is 15.0. The fourth-order valence-corrected chi connectivity index (χ4v) is 2.62. The number of hydrogen-bond acceptors (Lipinski definition) is 4. The maximum Gasteiger partial charge on any atom is 0.343 e. The van der Waals surface area contributed by atoms with Crippen LogP contribution in [-0.4, -0.2) is 22.4 Å². The first-order valence-electron chi connectivity index (χ1n) is 5.61. The van der Waals surface area contributed by atoms with Crippen molar-refractivity contribution in [1.29, 1.82) is 0 Å². The van der Waals surface area contributed by atoms with Crippen molar-refractivity contribution in [3.63, 3.8) is 0 Å². The Kier molecular flexibility index (Phi) is 4.42. The van der Waals surface area contributed by atoms with Gasteiger partial charge < -0.3 is 10.5 Å². The summed E-state index contributed by atoms with van der Waals surface area (Å²) in [7, 11) is 0. The third kappa shape index (κ3) is 2.70. The van der Waals surface area contributed by atoms with E-state index in [1.807, 2.05) is 0 Å². The van der Waals surface area contributed by atoms with Gasteiger partial charge in [-0.15, -0.1) is 0 Å². The Labute approximate surface area is 130 Å². The average molecular weight is 335 g/mol. The van der Waals surface area contributed by atoms with Crippen LogP contribution >= 0.6 is 34.8 Å². The largest absolute Gasteiger partial charge is 0.462 e. The fourth-order valence-electron chi connectivity index (χ4n) is 1.64.